The fraction of sp³-hybridized carbons (Fsp3) is 0.407. The van der Waals surface area contributed by atoms with Crippen molar-refractivity contribution < 1.29 is 33.2 Å². The van der Waals surface area contributed by atoms with Crippen LogP contribution in [0.25, 0.3) is 10.9 Å². The van der Waals surface area contributed by atoms with Gasteiger partial charge >= 0.3 is 12.3 Å². The number of benzene rings is 2. The van der Waals surface area contributed by atoms with Gasteiger partial charge in [-0.25, -0.2) is 0 Å². The number of aliphatic hydroxyl groups is 3. The van der Waals surface area contributed by atoms with Crippen LogP contribution >= 0.6 is 11.8 Å². The van der Waals surface area contributed by atoms with Crippen LogP contribution in [0.4, 0.5) is 24.5 Å². The van der Waals surface area contributed by atoms with E-state index in [-0.39, 0.29) is 24.0 Å². The Morgan fingerprint density at radius 1 is 1.08 bits per heavy atom. The summed E-state index contributed by atoms with van der Waals surface area (Å²) in [5.41, 5.74) is 1.75. The van der Waals surface area contributed by atoms with Crippen LogP contribution in [0.2, 0.25) is 0 Å². The van der Waals surface area contributed by atoms with Crippen molar-refractivity contribution in [3.8, 4) is 17.6 Å². The number of hydrogen-bond acceptors (Lipinski definition) is 8. The van der Waals surface area contributed by atoms with Crippen molar-refractivity contribution in [3.63, 3.8) is 0 Å². The summed E-state index contributed by atoms with van der Waals surface area (Å²) in [6.07, 6.45) is -4.10. The zero-order valence-corrected chi connectivity index (χ0v) is 22.4. The molecule has 1 aromatic heterocycles. The third-order valence-corrected chi connectivity index (χ3v) is 7.11. The van der Waals surface area contributed by atoms with E-state index in [4.69, 9.17) is 4.74 Å². The number of alkyl halides is 3. The molecule has 2 aromatic carbocycles. The summed E-state index contributed by atoms with van der Waals surface area (Å²) in [6.45, 7) is 0.744. The van der Waals surface area contributed by atoms with E-state index in [0.717, 1.165) is 36.5 Å². The topological polar surface area (TPSA) is 102 Å². The lowest BCUT2D eigenvalue weighted by Gasteiger charge is -2.30. The number of ether oxygens (including phenoxy) is 1. The van der Waals surface area contributed by atoms with E-state index in [1.165, 1.54) is 22.4 Å². The maximum atomic E-state index is 13.5. The normalized spacial score (nSPS) is 15.2. The third kappa shape index (κ3) is 7.97. The second kappa shape index (κ2) is 12.0. The van der Waals surface area contributed by atoms with Gasteiger partial charge < -0.3 is 40.2 Å². The Labute approximate surface area is 228 Å². The maximum absolute atomic E-state index is 13.5. The van der Waals surface area contributed by atoms with Crippen LogP contribution in [0.5, 0.6) is 5.75 Å². The summed E-state index contributed by atoms with van der Waals surface area (Å²) >= 11 is 1.38. The molecule has 1 aliphatic heterocycles. The summed E-state index contributed by atoms with van der Waals surface area (Å²) in [7, 11) is 2.07. The van der Waals surface area contributed by atoms with Crippen LogP contribution in [0.1, 0.15) is 18.5 Å². The Hall–Kier alpha value is -3.08. The second-order valence-electron chi connectivity index (χ2n) is 9.38. The molecule has 0 bridgehead atoms. The van der Waals surface area contributed by atoms with Crippen LogP contribution in [-0.4, -0.2) is 76.1 Å². The summed E-state index contributed by atoms with van der Waals surface area (Å²) in [4.78, 5) is 2.99. The number of piperidine rings is 1. The number of fused-ring (bicyclic) bond motifs is 1. The van der Waals surface area contributed by atoms with E-state index < -0.39 is 18.9 Å². The first-order valence-corrected chi connectivity index (χ1v) is 13.6. The molecule has 0 saturated carbocycles. The molecule has 1 aliphatic rings. The van der Waals surface area contributed by atoms with E-state index in [2.05, 4.69) is 34.4 Å². The number of likely N-dealkylation sites (tertiary alicyclic amines) is 1. The van der Waals surface area contributed by atoms with Crippen molar-refractivity contribution in [1.29, 1.82) is 0 Å². The fourth-order valence-electron chi connectivity index (χ4n) is 4.52. The maximum Gasteiger partial charge on any atom is 0.453 e. The zero-order chi connectivity index (χ0) is 28.2. The minimum atomic E-state index is -4.44. The van der Waals surface area contributed by atoms with Crippen LogP contribution in [0.15, 0.2) is 47.4 Å². The number of aromatic nitrogens is 1. The first kappa shape index (κ1) is 28.9. The first-order chi connectivity index (χ1) is 18.4. The molecule has 0 radical (unpaired) electrons. The second-order valence-corrected chi connectivity index (χ2v) is 10.3. The van der Waals surface area contributed by atoms with Crippen LogP contribution in [-0.2, 0) is 6.54 Å². The average Bonchev–Trinajstić information content (AvgIpc) is 3.19. The lowest BCUT2D eigenvalue weighted by molar-refractivity contribution is -0.419. The molecule has 210 valence electrons. The Morgan fingerprint density at radius 2 is 1.82 bits per heavy atom. The Kier molecular flexibility index (Phi) is 8.88. The molecule has 0 amide bonds. The molecular weight excluding hydrogens is 533 g/mol. The van der Waals surface area contributed by atoms with Crippen molar-refractivity contribution in [1.82, 2.24) is 9.47 Å². The largest absolute Gasteiger partial charge is 0.453 e. The van der Waals surface area contributed by atoms with Gasteiger partial charge in [0.05, 0.1) is 23.4 Å². The monoisotopic (exact) mass is 564 g/mol. The van der Waals surface area contributed by atoms with Crippen molar-refractivity contribution in [2.45, 2.75) is 42.7 Å². The number of hydrogen-bond donors (Lipinski definition) is 5. The molecule has 1 saturated heterocycles. The van der Waals surface area contributed by atoms with E-state index in [1.807, 2.05) is 12.3 Å². The highest BCUT2D eigenvalue weighted by molar-refractivity contribution is 7.98. The van der Waals surface area contributed by atoms with Gasteiger partial charge in [-0.15, -0.1) is 11.8 Å². The first-order valence-electron chi connectivity index (χ1n) is 12.3. The van der Waals surface area contributed by atoms with Crippen molar-refractivity contribution in [2.24, 2.45) is 0 Å². The molecule has 4 rings (SSSR count). The highest BCUT2D eigenvalue weighted by Gasteiger charge is 2.30. The van der Waals surface area contributed by atoms with E-state index >= 15 is 0 Å². The molecule has 0 atom stereocenters. The number of halogens is 3. The lowest BCUT2D eigenvalue weighted by Crippen LogP contribution is -2.36. The summed E-state index contributed by atoms with van der Waals surface area (Å²) in [6, 6.07) is 12.0. The van der Waals surface area contributed by atoms with Gasteiger partial charge in [0.15, 0.2) is 5.75 Å². The molecule has 0 aliphatic carbocycles. The van der Waals surface area contributed by atoms with Crippen LogP contribution in [0, 0.1) is 11.8 Å². The molecule has 5 N–H and O–H groups in total. The summed E-state index contributed by atoms with van der Waals surface area (Å²) in [5.74, 6) is 5.65. The van der Waals surface area contributed by atoms with E-state index in [9.17, 15) is 28.5 Å². The van der Waals surface area contributed by atoms with Gasteiger partial charge in [0, 0.05) is 22.0 Å². The molecule has 0 unspecified atom stereocenters. The Morgan fingerprint density at radius 3 is 2.49 bits per heavy atom. The molecule has 39 heavy (non-hydrogen) atoms. The standard InChI is InChI=1S/C27H31F3N4O4S/c1-33-13-10-18(11-14-33)32-22-6-3-7-24-21(22)15-19(34(24)17-26(28,29)30)5-4-12-31-23-9-8-20(39-2)16-25(23)38-27(35,36)37/h3,6-9,15-16,18,31-32,35-37H,10-14,17H2,1-2H3. The number of nitrogens with zero attached hydrogens (tertiary/aromatic N) is 2. The Bertz CT molecular complexity index is 1350. The predicted octanol–water partition coefficient (Wildman–Crippen LogP) is 3.86. The molecule has 0 spiro atoms. The number of anilines is 2. The quantitative estimate of drug-likeness (QED) is 0.160. The van der Waals surface area contributed by atoms with Crippen LogP contribution in [0.3, 0.4) is 0 Å². The molecule has 2 heterocycles. The molecule has 12 heteroatoms. The SMILES string of the molecule is CSc1ccc(NCC#Cc2cc3c(NC4CCN(C)CC4)cccc3n2CC(F)(F)F)c(OC(O)(O)O)c1. The molecule has 1 fully saturated rings. The number of nitrogens with one attached hydrogen (secondary N) is 2. The van der Waals surface area contributed by atoms with Crippen molar-refractivity contribution in [2.75, 3.05) is 43.6 Å². The lowest BCUT2D eigenvalue weighted by atomic mass is 10.0. The minimum absolute atomic E-state index is 0.0124. The van der Waals surface area contributed by atoms with E-state index in [1.54, 1.807) is 30.3 Å². The van der Waals surface area contributed by atoms with Gasteiger partial charge in [-0.3, -0.25) is 0 Å². The fourth-order valence-corrected chi connectivity index (χ4v) is 4.95. The van der Waals surface area contributed by atoms with Gasteiger partial charge in [0.1, 0.15) is 6.54 Å². The average molecular weight is 565 g/mol. The van der Waals surface area contributed by atoms with Crippen molar-refractivity contribution >= 4 is 34.0 Å². The van der Waals surface area contributed by atoms with Gasteiger partial charge in [0.2, 0.25) is 0 Å². The van der Waals surface area contributed by atoms with E-state index in [0.29, 0.717) is 16.6 Å². The summed E-state index contributed by atoms with van der Waals surface area (Å²) in [5, 5.41) is 34.8. The smallest absolute Gasteiger partial charge is 0.415 e. The predicted molar refractivity (Wildman–Crippen MR) is 146 cm³/mol. The van der Waals surface area contributed by atoms with Gasteiger partial charge in [-0.2, -0.15) is 13.2 Å². The van der Waals surface area contributed by atoms with Gasteiger partial charge in [0.25, 0.3) is 0 Å². The zero-order valence-electron chi connectivity index (χ0n) is 21.5. The molecule has 8 nitrogen and oxygen atoms in total. The van der Waals surface area contributed by atoms with Crippen LogP contribution < -0.4 is 15.4 Å². The highest BCUT2D eigenvalue weighted by Crippen LogP contribution is 2.32. The third-order valence-electron chi connectivity index (χ3n) is 6.38. The van der Waals surface area contributed by atoms with Gasteiger partial charge in [-0.1, -0.05) is 12.0 Å². The van der Waals surface area contributed by atoms with Gasteiger partial charge in [-0.05, 0) is 81.6 Å². The number of thioether (sulfide) groups is 1. The highest BCUT2D eigenvalue weighted by atomic mass is 32.2. The van der Waals surface area contributed by atoms with Crippen molar-refractivity contribution in [3.05, 3.63) is 48.2 Å². The molecule has 3 aromatic rings. The minimum Gasteiger partial charge on any atom is -0.415 e. The molecular formula is C27H31F3N4O4S. The Balaban J connectivity index is 1.59. The summed E-state index contributed by atoms with van der Waals surface area (Å²) < 4.78 is 46.5. The number of rotatable bonds is 8.